The van der Waals surface area contributed by atoms with Gasteiger partial charge in [0.05, 0.1) is 4.90 Å². The first-order chi connectivity index (χ1) is 14.4. The lowest BCUT2D eigenvalue weighted by molar-refractivity contribution is 0.102. The quantitative estimate of drug-likeness (QED) is 0.519. The SMILES string of the molecule is C=CCOc1ccc(NC(=O)c2cccc(S(=O)(=O)Nc3cccc(C)c3)c2)cc1. The van der Waals surface area contributed by atoms with Crippen LogP contribution in [0, 0.1) is 6.92 Å². The van der Waals surface area contributed by atoms with Gasteiger partial charge in [0.2, 0.25) is 0 Å². The molecule has 0 bridgehead atoms. The summed E-state index contributed by atoms with van der Waals surface area (Å²) in [5.41, 5.74) is 2.19. The molecule has 0 heterocycles. The third-order valence-corrected chi connectivity index (χ3v) is 5.54. The Bertz CT molecular complexity index is 1160. The van der Waals surface area contributed by atoms with Crippen molar-refractivity contribution in [3.05, 3.63) is 96.6 Å². The van der Waals surface area contributed by atoms with E-state index in [0.717, 1.165) is 5.56 Å². The lowest BCUT2D eigenvalue weighted by atomic mass is 10.2. The molecule has 0 aliphatic carbocycles. The zero-order chi connectivity index (χ0) is 21.6. The van der Waals surface area contributed by atoms with Crippen LogP contribution in [0.15, 0.2) is 90.3 Å². The van der Waals surface area contributed by atoms with Gasteiger partial charge < -0.3 is 10.1 Å². The van der Waals surface area contributed by atoms with Crippen LogP contribution in [0.1, 0.15) is 15.9 Å². The lowest BCUT2D eigenvalue weighted by Crippen LogP contribution is -2.16. The lowest BCUT2D eigenvalue weighted by Gasteiger charge is -2.11. The second kappa shape index (κ2) is 9.28. The molecule has 3 aromatic rings. The normalized spacial score (nSPS) is 10.8. The summed E-state index contributed by atoms with van der Waals surface area (Å²) in [5.74, 6) is 0.241. The summed E-state index contributed by atoms with van der Waals surface area (Å²) in [6, 6.07) is 19.8. The molecule has 1 amide bonds. The first-order valence-electron chi connectivity index (χ1n) is 9.22. The monoisotopic (exact) mass is 422 g/mol. The van der Waals surface area contributed by atoms with Crippen molar-refractivity contribution >= 4 is 27.3 Å². The van der Waals surface area contributed by atoms with Gasteiger partial charge in [-0.2, -0.15) is 0 Å². The molecule has 0 aliphatic rings. The fourth-order valence-corrected chi connectivity index (χ4v) is 3.81. The topological polar surface area (TPSA) is 84.5 Å². The average Bonchev–Trinajstić information content (AvgIpc) is 2.73. The van der Waals surface area contributed by atoms with Gasteiger partial charge >= 0.3 is 0 Å². The minimum atomic E-state index is -3.83. The summed E-state index contributed by atoms with van der Waals surface area (Å²) in [7, 11) is -3.83. The van der Waals surface area contributed by atoms with Crippen molar-refractivity contribution < 1.29 is 17.9 Å². The molecular formula is C23H22N2O4S. The van der Waals surface area contributed by atoms with E-state index >= 15 is 0 Å². The molecular weight excluding hydrogens is 400 g/mol. The molecule has 0 aliphatic heterocycles. The van der Waals surface area contributed by atoms with Crippen LogP contribution in [0.5, 0.6) is 5.75 Å². The standard InChI is InChI=1S/C23H22N2O4S/c1-3-14-29-21-12-10-19(11-13-21)24-23(26)18-7-5-9-22(16-18)30(27,28)25-20-8-4-6-17(2)15-20/h3-13,15-16,25H,1,14H2,2H3,(H,24,26). The van der Waals surface area contributed by atoms with Crippen LogP contribution in [-0.4, -0.2) is 20.9 Å². The predicted octanol–water partition coefficient (Wildman–Crippen LogP) is 4.61. The molecule has 154 valence electrons. The van der Waals surface area contributed by atoms with E-state index in [1.54, 1.807) is 54.6 Å². The summed E-state index contributed by atoms with van der Waals surface area (Å²) < 4.78 is 33.4. The third kappa shape index (κ3) is 5.48. The maximum absolute atomic E-state index is 12.7. The van der Waals surface area contributed by atoms with Gasteiger partial charge in [-0.05, 0) is 67.1 Å². The second-order valence-electron chi connectivity index (χ2n) is 6.58. The Morgan fingerprint density at radius 3 is 2.43 bits per heavy atom. The van der Waals surface area contributed by atoms with Gasteiger partial charge in [-0.15, -0.1) is 0 Å². The number of rotatable bonds is 8. The number of ether oxygens (including phenoxy) is 1. The predicted molar refractivity (Wildman–Crippen MR) is 119 cm³/mol. The molecule has 0 radical (unpaired) electrons. The number of aryl methyl sites for hydroxylation is 1. The molecule has 7 heteroatoms. The van der Waals surface area contributed by atoms with Gasteiger partial charge in [0, 0.05) is 16.9 Å². The summed E-state index contributed by atoms with van der Waals surface area (Å²) in [6.45, 7) is 5.86. The number of amides is 1. The van der Waals surface area contributed by atoms with E-state index in [1.807, 2.05) is 13.0 Å². The first-order valence-corrected chi connectivity index (χ1v) is 10.7. The number of carbonyl (C=O) groups excluding carboxylic acids is 1. The van der Waals surface area contributed by atoms with Crippen LogP contribution in [0.3, 0.4) is 0 Å². The Labute approximate surface area is 176 Å². The van der Waals surface area contributed by atoms with Crippen LogP contribution in [0.2, 0.25) is 0 Å². The number of hydrogen-bond donors (Lipinski definition) is 2. The van der Waals surface area contributed by atoms with E-state index < -0.39 is 15.9 Å². The molecule has 3 rings (SSSR count). The molecule has 0 fully saturated rings. The number of nitrogens with one attached hydrogen (secondary N) is 2. The summed E-state index contributed by atoms with van der Waals surface area (Å²) in [4.78, 5) is 12.6. The maximum Gasteiger partial charge on any atom is 0.261 e. The molecule has 30 heavy (non-hydrogen) atoms. The number of anilines is 2. The minimum Gasteiger partial charge on any atom is -0.490 e. The Morgan fingerprint density at radius 2 is 1.73 bits per heavy atom. The van der Waals surface area contributed by atoms with Crippen molar-refractivity contribution in [2.24, 2.45) is 0 Å². The number of carbonyl (C=O) groups is 1. The summed E-state index contributed by atoms with van der Waals surface area (Å²) in [6.07, 6.45) is 1.64. The first kappa shape index (κ1) is 21.1. The molecule has 6 nitrogen and oxygen atoms in total. The van der Waals surface area contributed by atoms with E-state index in [1.165, 1.54) is 18.2 Å². The molecule has 0 saturated heterocycles. The van der Waals surface area contributed by atoms with Crippen LogP contribution >= 0.6 is 0 Å². The Balaban J connectivity index is 1.74. The molecule has 0 atom stereocenters. The van der Waals surface area contributed by atoms with Crippen LogP contribution in [-0.2, 0) is 10.0 Å². The third-order valence-electron chi connectivity index (χ3n) is 4.16. The highest BCUT2D eigenvalue weighted by Crippen LogP contribution is 2.20. The fraction of sp³-hybridized carbons (Fsp3) is 0.0870. The Kier molecular flexibility index (Phi) is 6.54. The van der Waals surface area contributed by atoms with Gasteiger partial charge in [-0.1, -0.05) is 30.9 Å². The molecule has 0 aromatic heterocycles. The second-order valence-corrected chi connectivity index (χ2v) is 8.26. The highest BCUT2D eigenvalue weighted by molar-refractivity contribution is 7.92. The van der Waals surface area contributed by atoms with E-state index in [-0.39, 0.29) is 10.5 Å². The molecule has 0 saturated carbocycles. The van der Waals surface area contributed by atoms with Crippen molar-refractivity contribution in [2.45, 2.75) is 11.8 Å². The highest BCUT2D eigenvalue weighted by atomic mass is 32.2. The van der Waals surface area contributed by atoms with E-state index in [0.29, 0.717) is 23.7 Å². The number of hydrogen-bond acceptors (Lipinski definition) is 4. The maximum atomic E-state index is 12.7. The summed E-state index contributed by atoms with van der Waals surface area (Å²) in [5, 5.41) is 2.75. The van der Waals surface area contributed by atoms with Gasteiger partial charge in [0.25, 0.3) is 15.9 Å². The average molecular weight is 423 g/mol. The summed E-state index contributed by atoms with van der Waals surface area (Å²) >= 11 is 0. The van der Waals surface area contributed by atoms with Gasteiger partial charge in [-0.25, -0.2) is 8.42 Å². The van der Waals surface area contributed by atoms with Crippen LogP contribution in [0.4, 0.5) is 11.4 Å². The van der Waals surface area contributed by atoms with Crippen molar-refractivity contribution in [3.8, 4) is 5.75 Å². The van der Waals surface area contributed by atoms with Crippen LogP contribution < -0.4 is 14.8 Å². The van der Waals surface area contributed by atoms with E-state index in [9.17, 15) is 13.2 Å². The van der Waals surface area contributed by atoms with Crippen molar-refractivity contribution in [1.29, 1.82) is 0 Å². The zero-order valence-electron chi connectivity index (χ0n) is 16.5. The van der Waals surface area contributed by atoms with E-state index in [4.69, 9.17) is 4.74 Å². The van der Waals surface area contributed by atoms with Gasteiger partial charge in [-0.3, -0.25) is 9.52 Å². The number of benzene rings is 3. The van der Waals surface area contributed by atoms with Crippen molar-refractivity contribution in [2.75, 3.05) is 16.6 Å². The van der Waals surface area contributed by atoms with Crippen LogP contribution in [0.25, 0.3) is 0 Å². The molecule has 2 N–H and O–H groups in total. The van der Waals surface area contributed by atoms with Gasteiger partial charge in [0.1, 0.15) is 12.4 Å². The Hall–Kier alpha value is -3.58. The minimum absolute atomic E-state index is 0.00447. The van der Waals surface area contributed by atoms with Crippen molar-refractivity contribution in [1.82, 2.24) is 0 Å². The largest absolute Gasteiger partial charge is 0.490 e. The fourth-order valence-electron chi connectivity index (χ4n) is 2.72. The van der Waals surface area contributed by atoms with Crippen molar-refractivity contribution in [3.63, 3.8) is 0 Å². The highest BCUT2D eigenvalue weighted by Gasteiger charge is 2.17. The Morgan fingerprint density at radius 1 is 1.00 bits per heavy atom. The van der Waals surface area contributed by atoms with E-state index in [2.05, 4.69) is 16.6 Å². The molecule has 0 unspecified atom stereocenters. The molecule has 0 spiro atoms. The molecule has 3 aromatic carbocycles. The van der Waals surface area contributed by atoms with Gasteiger partial charge in [0.15, 0.2) is 0 Å². The number of sulfonamides is 1. The smallest absolute Gasteiger partial charge is 0.261 e. The zero-order valence-corrected chi connectivity index (χ0v) is 17.3.